The molecule has 1 aromatic heterocycles. The van der Waals surface area contributed by atoms with Crippen LogP contribution in [0.2, 0.25) is 5.15 Å². The number of aromatic nitrogens is 2. The highest BCUT2D eigenvalue weighted by molar-refractivity contribution is 6.34. The van der Waals surface area contributed by atoms with Crippen molar-refractivity contribution in [2.45, 2.75) is 20.1 Å². The first-order valence-electron chi connectivity index (χ1n) is 6.84. The Morgan fingerprint density at radius 3 is 2.76 bits per heavy atom. The summed E-state index contributed by atoms with van der Waals surface area (Å²) in [4.78, 5) is 9.09. The maximum atomic E-state index is 6.33. The van der Waals surface area contributed by atoms with Crippen LogP contribution < -0.4 is 0 Å². The van der Waals surface area contributed by atoms with Crippen LogP contribution in [0.1, 0.15) is 16.7 Å². The van der Waals surface area contributed by atoms with Crippen molar-refractivity contribution < 1.29 is 4.74 Å². The zero-order chi connectivity index (χ0) is 14.4. The van der Waals surface area contributed by atoms with Gasteiger partial charge < -0.3 is 4.74 Å². The highest BCUT2D eigenvalue weighted by Crippen LogP contribution is 2.28. The van der Waals surface area contributed by atoms with Gasteiger partial charge in [-0.2, -0.15) is 0 Å². The van der Waals surface area contributed by atoms with E-state index >= 15 is 0 Å². The summed E-state index contributed by atoms with van der Waals surface area (Å²) in [6.07, 6.45) is 0. The Balaban J connectivity index is 1.89. The zero-order valence-electron chi connectivity index (χ0n) is 11.6. The van der Waals surface area contributed by atoms with Gasteiger partial charge in [-0.25, -0.2) is 9.97 Å². The van der Waals surface area contributed by atoms with E-state index in [0.29, 0.717) is 24.2 Å². The molecule has 4 rings (SSSR count). The average molecular weight is 297 g/mol. The smallest absolute Gasteiger partial charge is 0.161 e. The second-order valence-corrected chi connectivity index (χ2v) is 5.69. The molecule has 0 bridgehead atoms. The molecule has 3 aromatic rings. The summed E-state index contributed by atoms with van der Waals surface area (Å²) in [5.41, 5.74) is 5.43. The van der Waals surface area contributed by atoms with Gasteiger partial charge in [-0.3, -0.25) is 0 Å². The van der Waals surface area contributed by atoms with Crippen LogP contribution in [-0.2, 0) is 18.0 Å². The van der Waals surface area contributed by atoms with Crippen LogP contribution in [-0.4, -0.2) is 9.97 Å². The van der Waals surface area contributed by atoms with Gasteiger partial charge in [-0.05, 0) is 36.2 Å². The Morgan fingerprint density at radius 1 is 1.00 bits per heavy atom. The van der Waals surface area contributed by atoms with E-state index in [1.54, 1.807) is 0 Å². The van der Waals surface area contributed by atoms with Crippen molar-refractivity contribution in [2.75, 3.05) is 0 Å². The van der Waals surface area contributed by atoms with Crippen LogP contribution in [0.3, 0.4) is 0 Å². The van der Waals surface area contributed by atoms with Crippen molar-refractivity contribution in [3.63, 3.8) is 0 Å². The van der Waals surface area contributed by atoms with E-state index in [1.165, 1.54) is 11.1 Å². The Morgan fingerprint density at radius 2 is 1.86 bits per heavy atom. The number of nitrogens with zero attached hydrogens (tertiary/aromatic N) is 2. The van der Waals surface area contributed by atoms with Crippen molar-refractivity contribution in [1.29, 1.82) is 0 Å². The molecule has 1 aliphatic heterocycles. The summed E-state index contributed by atoms with van der Waals surface area (Å²) in [5.74, 6) is 0.658. The molecule has 0 saturated carbocycles. The molecule has 4 heteroatoms. The van der Waals surface area contributed by atoms with E-state index in [2.05, 4.69) is 22.1 Å². The first-order valence-corrected chi connectivity index (χ1v) is 7.22. The maximum Gasteiger partial charge on any atom is 0.161 e. The van der Waals surface area contributed by atoms with Crippen LogP contribution in [0.4, 0.5) is 0 Å². The number of halogens is 1. The number of fused-ring (bicyclic) bond motifs is 2. The summed E-state index contributed by atoms with van der Waals surface area (Å²) in [6, 6.07) is 12.2. The molecule has 104 valence electrons. The topological polar surface area (TPSA) is 35.0 Å². The van der Waals surface area contributed by atoms with Gasteiger partial charge in [0.15, 0.2) is 5.82 Å². The molecule has 0 saturated heterocycles. The quantitative estimate of drug-likeness (QED) is 0.628. The van der Waals surface area contributed by atoms with Gasteiger partial charge in [0.05, 0.1) is 18.7 Å². The summed E-state index contributed by atoms with van der Waals surface area (Å²) in [6.45, 7) is 3.38. The van der Waals surface area contributed by atoms with Crippen molar-refractivity contribution in [1.82, 2.24) is 9.97 Å². The van der Waals surface area contributed by atoms with E-state index in [9.17, 15) is 0 Å². The van der Waals surface area contributed by atoms with Crippen LogP contribution in [0.25, 0.3) is 22.3 Å². The van der Waals surface area contributed by atoms with Crippen molar-refractivity contribution >= 4 is 22.5 Å². The fourth-order valence-corrected chi connectivity index (χ4v) is 2.88. The molecule has 0 atom stereocenters. The predicted molar refractivity (Wildman–Crippen MR) is 83.2 cm³/mol. The average Bonchev–Trinajstić information content (AvgIpc) is 2.95. The van der Waals surface area contributed by atoms with Crippen LogP contribution >= 0.6 is 11.6 Å². The third-order valence-corrected chi connectivity index (χ3v) is 4.07. The first kappa shape index (κ1) is 12.7. The monoisotopic (exact) mass is 296 g/mol. The minimum absolute atomic E-state index is 0.496. The molecule has 2 heterocycles. The minimum atomic E-state index is 0.496. The lowest BCUT2D eigenvalue weighted by molar-refractivity contribution is 0.134. The van der Waals surface area contributed by atoms with E-state index in [0.717, 1.165) is 22.0 Å². The zero-order valence-corrected chi connectivity index (χ0v) is 12.3. The highest BCUT2D eigenvalue weighted by atomic mass is 35.5. The number of hydrogen-bond donors (Lipinski definition) is 0. The molecule has 3 nitrogen and oxygen atoms in total. The molecular formula is C17H13ClN2O. The van der Waals surface area contributed by atoms with Crippen molar-refractivity contribution in [2.24, 2.45) is 0 Å². The van der Waals surface area contributed by atoms with Gasteiger partial charge in [0.1, 0.15) is 5.15 Å². The van der Waals surface area contributed by atoms with Gasteiger partial charge in [0.25, 0.3) is 0 Å². The molecule has 0 amide bonds. The number of hydrogen-bond acceptors (Lipinski definition) is 3. The second kappa shape index (κ2) is 4.79. The van der Waals surface area contributed by atoms with E-state index in [1.807, 2.05) is 31.2 Å². The summed E-state index contributed by atoms with van der Waals surface area (Å²) >= 11 is 6.33. The third-order valence-electron chi connectivity index (χ3n) is 3.78. The van der Waals surface area contributed by atoms with E-state index in [-0.39, 0.29) is 0 Å². The number of ether oxygens (including phenoxy) is 1. The fraction of sp³-hybridized carbons (Fsp3) is 0.176. The molecule has 0 fully saturated rings. The van der Waals surface area contributed by atoms with Gasteiger partial charge in [0, 0.05) is 10.9 Å². The third kappa shape index (κ3) is 2.19. The molecule has 0 aliphatic carbocycles. The van der Waals surface area contributed by atoms with Crippen molar-refractivity contribution in [3.8, 4) is 11.4 Å². The summed E-state index contributed by atoms with van der Waals surface area (Å²) in [7, 11) is 0. The molecule has 0 spiro atoms. The second-order valence-electron chi connectivity index (χ2n) is 5.33. The Bertz CT molecular complexity index is 861. The lowest BCUT2D eigenvalue weighted by atomic mass is 10.1. The van der Waals surface area contributed by atoms with Gasteiger partial charge in [0.2, 0.25) is 0 Å². The maximum absolute atomic E-state index is 6.33. The molecule has 0 unspecified atom stereocenters. The molecular weight excluding hydrogens is 284 g/mol. The normalized spacial score (nSPS) is 13.6. The molecule has 1 aliphatic rings. The summed E-state index contributed by atoms with van der Waals surface area (Å²) in [5, 5.41) is 1.39. The fourth-order valence-electron chi connectivity index (χ4n) is 2.65. The molecule has 0 N–H and O–H groups in total. The number of aryl methyl sites for hydroxylation is 1. The van der Waals surface area contributed by atoms with Crippen molar-refractivity contribution in [3.05, 3.63) is 58.2 Å². The van der Waals surface area contributed by atoms with Gasteiger partial charge in [-0.15, -0.1) is 0 Å². The molecule has 0 radical (unpaired) electrons. The largest absolute Gasteiger partial charge is 0.372 e. The lowest BCUT2D eigenvalue weighted by Gasteiger charge is -2.06. The van der Waals surface area contributed by atoms with Gasteiger partial charge >= 0.3 is 0 Å². The standard InChI is InChI=1S/C17H13ClN2O/c1-10-2-5-15-14(6-10)16(18)20-17(19-15)11-3-4-12-8-21-9-13(12)7-11/h2-7H,8-9H2,1H3. The van der Waals surface area contributed by atoms with Crippen LogP contribution in [0, 0.1) is 6.92 Å². The number of rotatable bonds is 1. The Labute approximate surface area is 127 Å². The Kier molecular flexibility index (Phi) is 2.91. The Hall–Kier alpha value is -1.97. The highest BCUT2D eigenvalue weighted by Gasteiger charge is 2.14. The molecule has 2 aromatic carbocycles. The van der Waals surface area contributed by atoms with Crippen LogP contribution in [0.5, 0.6) is 0 Å². The van der Waals surface area contributed by atoms with E-state index < -0.39 is 0 Å². The minimum Gasteiger partial charge on any atom is -0.372 e. The predicted octanol–water partition coefficient (Wildman–Crippen LogP) is 4.29. The van der Waals surface area contributed by atoms with Crippen LogP contribution in [0.15, 0.2) is 36.4 Å². The lowest BCUT2D eigenvalue weighted by Crippen LogP contribution is -1.93. The van der Waals surface area contributed by atoms with E-state index in [4.69, 9.17) is 16.3 Å². The number of benzene rings is 2. The SMILES string of the molecule is Cc1ccc2nc(-c3ccc4c(c3)COC4)nc(Cl)c2c1. The van der Waals surface area contributed by atoms with Gasteiger partial charge in [-0.1, -0.05) is 35.4 Å². The summed E-state index contributed by atoms with van der Waals surface area (Å²) < 4.78 is 5.45. The first-order chi connectivity index (χ1) is 10.2. The molecule has 21 heavy (non-hydrogen) atoms.